The lowest BCUT2D eigenvalue weighted by molar-refractivity contribution is 0.101. The van der Waals surface area contributed by atoms with E-state index in [9.17, 15) is 9.59 Å². The minimum atomic E-state index is -0.357. The largest absolute Gasteiger partial charge is 0.378 e. The van der Waals surface area contributed by atoms with Crippen LogP contribution in [0.1, 0.15) is 27.8 Å². The Kier molecular flexibility index (Phi) is 5.64. The van der Waals surface area contributed by atoms with Gasteiger partial charge in [0.2, 0.25) is 5.95 Å². The van der Waals surface area contributed by atoms with Crippen LogP contribution in [0.15, 0.2) is 60.8 Å². The summed E-state index contributed by atoms with van der Waals surface area (Å²) in [5, 5.41) is 5.85. The van der Waals surface area contributed by atoms with Crippen molar-refractivity contribution in [2.75, 3.05) is 29.6 Å². The molecule has 0 aliphatic heterocycles. The number of amides is 1. The molecule has 142 valence electrons. The van der Waals surface area contributed by atoms with Gasteiger partial charge in [0.1, 0.15) is 5.69 Å². The lowest BCUT2D eigenvalue weighted by Gasteiger charge is -2.13. The van der Waals surface area contributed by atoms with Gasteiger partial charge in [-0.1, -0.05) is 0 Å². The minimum absolute atomic E-state index is 0.0250. The maximum atomic E-state index is 12.5. The molecule has 3 aromatic rings. The van der Waals surface area contributed by atoms with Crippen LogP contribution in [0.2, 0.25) is 0 Å². The highest BCUT2D eigenvalue weighted by Crippen LogP contribution is 2.18. The SMILES string of the molecule is CC(=O)c1ccc(NC(=O)c2ccnc(Nc3ccc(N(C)C)cc3)n2)cc1. The molecule has 0 saturated carbocycles. The molecule has 7 nitrogen and oxygen atoms in total. The Labute approximate surface area is 163 Å². The van der Waals surface area contributed by atoms with E-state index in [1.54, 1.807) is 30.3 Å². The normalized spacial score (nSPS) is 10.2. The Morgan fingerprint density at radius 3 is 2.14 bits per heavy atom. The van der Waals surface area contributed by atoms with Crippen molar-refractivity contribution in [1.82, 2.24) is 9.97 Å². The Hall–Kier alpha value is -3.74. The highest BCUT2D eigenvalue weighted by Gasteiger charge is 2.10. The van der Waals surface area contributed by atoms with Crippen LogP contribution >= 0.6 is 0 Å². The molecule has 0 fully saturated rings. The van der Waals surface area contributed by atoms with Gasteiger partial charge in [0.15, 0.2) is 5.78 Å². The standard InChI is InChI=1S/C21H21N5O2/c1-14(27)15-4-6-16(7-5-15)23-20(28)19-12-13-22-21(25-19)24-17-8-10-18(11-9-17)26(2)3/h4-13H,1-3H3,(H,23,28)(H,22,24,25). The first-order chi connectivity index (χ1) is 13.4. The number of ketones is 1. The molecule has 0 saturated heterocycles. The first-order valence-electron chi connectivity index (χ1n) is 8.72. The number of rotatable bonds is 6. The molecule has 28 heavy (non-hydrogen) atoms. The highest BCUT2D eigenvalue weighted by molar-refractivity contribution is 6.03. The van der Waals surface area contributed by atoms with E-state index in [2.05, 4.69) is 20.6 Å². The summed E-state index contributed by atoms with van der Waals surface area (Å²) in [5.41, 5.74) is 3.31. The van der Waals surface area contributed by atoms with E-state index < -0.39 is 0 Å². The summed E-state index contributed by atoms with van der Waals surface area (Å²) in [6.07, 6.45) is 1.53. The van der Waals surface area contributed by atoms with Gasteiger partial charge in [-0.05, 0) is 61.5 Å². The molecule has 2 aromatic carbocycles. The second kappa shape index (κ2) is 8.30. The van der Waals surface area contributed by atoms with Crippen LogP contribution in [0, 0.1) is 0 Å². The van der Waals surface area contributed by atoms with E-state index in [0.29, 0.717) is 17.2 Å². The first-order valence-corrected chi connectivity index (χ1v) is 8.72. The van der Waals surface area contributed by atoms with Crippen molar-refractivity contribution in [3.05, 3.63) is 72.1 Å². The number of carbonyl (C=O) groups excluding carboxylic acids is 2. The van der Waals surface area contributed by atoms with Crippen molar-refractivity contribution >= 4 is 34.7 Å². The Morgan fingerprint density at radius 2 is 1.54 bits per heavy atom. The van der Waals surface area contributed by atoms with Gasteiger partial charge in [-0.2, -0.15) is 0 Å². The van der Waals surface area contributed by atoms with Crippen molar-refractivity contribution in [2.24, 2.45) is 0 Å². The van der Waals surface area contributed by atoms with Crippen LogP contribution < -0.4 is 15.5 Å². The quantitative estimate of drug-likeness (QED) is 0.638. The number of anilines is 4. The Bertz CT molecular complexity index is 982. The zero-order valence-corrected chi connectivity index (χ0v) is 15.9. The molecule has 0 unspecified atom stereocenters. The van der Waals surface area contributed by atoms with Gasteiger partial charge in [0.05, 0.1) is 0 Å². The molecular weight excluding hydrogens is 354 g/mol. The van der Waals surface area contributed by atoms with E-state index >= 15 is 0 Å². The highest BCUT2D eigenvalue weighted by atomic mass is 16.2. The van der Waals surface area contributed by atoms with Crippen molar-refractivity contribution in [1.29, 1.82) is 0 Å². The van der Waals surface area contributed by atoms with Gasteiger partial charge in [0.25, 0.3) is 5.91 Å². The second-order valence-electron chi connectivity index (χ2n) is 6.42. The van der Waals surface area contributed by atoms with Crippen LogP contribution in [0.25, 0.3) is 0 Å². The Morgan fingerprint density at radius 1 is 0.893 bits per heavy atom. The zero-order valence-electron chi connectivity index (χ0n) is 15.9. The molecule has 0 spiro atoms. The number of nitrogens with zero attached hydrogens (tertiary/aromatic N) is 3. The molecule has 2 N–H and O–H groups in total. The molecule has 7 heteroatoms. The lowest BCUT2D eigenvalue weighted by Crippen LogP contribution is -2.15. The maximum Gasteiger partial charge on any atom is 0.274 e. The van der Waals surface area contributed by atoms with Crippen LogP contribution in [0.3, 0.4) is 0 Å². The lowest BCUT2D eigenvalue weighted by atomic mass is 10.1. The average Bonchev–Trinajstić information content (AvgIpc) is 2.69. The summed E-state index contributed by atoms with van der Waals surface area (Å²) in [7, 11) is 3.95. The summed E-state index contributed by atoms with van der Waals surface area (Å²) >= 11 is 0. The average molecular weight is 375 g/mol. The van der Waals surface area contributed by atoms with Gasteiger partial charge in [-0.3, -0.25) is 9.59 Å². The first kappa shape index (κ1) is 19.0. The molecular formula is C21H21N5O2. The number of hydrogen-bond acceptors (Lipinski definition) is 6. The number of nitrogens with one attached hydrogen (secondary N) is 2. The number of Topliss-reactive ketones (excluding diaryl/α,β-unsaturated/α-hetero) is 1. The van der Waals surface area contributed by atoms with E-state index in [4.69, 9.17) is 0 Å². The van der Waals surface area contributed by atoms with Gasteiger partial charge < -0.3 is 15.5 Å². The molecule has 0 bridgehead atoms. The molecule has 0 aliphatic rings. The molecule has 1 amide bonds. The summed E-state index contributed by atoms with van der Waals surface area (Å²) < 4.78 is 0. The fourth-order valence-corrected chi connectivity index (χ4v) is 2.50. The summed E-state index contributed by atoms with van der Waals surface area (Å²) in [6.45, 7) is 1.50. The van der Waals surface area contributed by atoms with Crippen molar-refractivity contribution in [3.63, 3.8) is 0 Å². The fraction of sp³-hybridized carbons (Fsp3) is 0.143. The molecule has 3 rings (SSSR count). The zero-order chi connectivity index (χ0) is 20.1. The van der Waals surface area contributed by atoms with E-state index in [0.717, 1.165) is 11.4 Å². The topological polar surface area (TPSA) is 87.2 Å². The van der Waals surface area contributed by atoms with Crippen molar-refractivity contribution in [3.8, 4) is 0 Å². The summed E-state index contributed by atoms with van der Waals surface area (Å²) in [4.78, 5) is 34.2. The number of carbonyl (C=O) groups is 2. The second-order valence-corrected chi connectivity index (χ2v) is 6.42. The molecule has 1 heterocycles. The predicted molar refractivity (Wildman–Crippen MR) is 110 cm³/mol. The number of hydrogen-bond donors (Lipinski definition) is 2. The van der Waals surface area contributed by atoms with Gasteiger partial charge in [0, 0.05) is 42.9 Å². The van der Waals surface area contributed by atoms with Gasteiger partial charge in [-0.25, -0.2) is 9.97 Å². The third kappa shape index (κ3) is 4.70. The third-order valence-electron chi connectivity index (χ3n) is 4.08. The van der Waals surface area contributed by atoms with Gasteiger partial charge >= 0.3 is 0 Å². The molecule has 0 atom stereocenters. The predicted octanol–water partition coefficient (Wildman–Crippen LogP) is 3.74. The van der Waals surface area contributed by atoms with Crippen LogP contribution in [-0.2, 0) is 0 Å². The van der Waals surface area contributed by atoms with Crippen LogP contribution in [-0.4, -0.2) is 35.8 Å². The summed E-state index contributed by atoms with van der Waals surface area (Å²) in [5.74, 6) is -0.0517. The molecule has 1 aromatic heterocycles. The van der Waals surface area contributed by atoms with Crippen molar-refractivity contribution in [2.45, 2.75) is 6.92 Å². The Balaban J connectivity index is 1.69. The fourth-order valence-electron chi connectivity index (χ4n) is 2.50. The number of benzene rings is 2. The molecule has 0 aliphatic carbocycles. The monoisotopic (exact) mass is 375 g/mol. The summed E-state index contributed by atoms with van der Waals surface area (Å²) in [6, 6.07) is 16.0. The van der Waals surface area contributed by atoms with Gasteiger partial charge in [-0.15, -0.1) is 0 Å². The van der Waals surface area contributed by atoms with Crippen molar-refractivity contribution < 1.29 is 9.59 Å². The smallest absolute Gasteiger partial charge is 0.274 e. The van der Waals surface area contributed by atoms with Crippen LogP contribution in [0.5, 0.6) is 0 Å². The van der Waals surface area contributed by atoms with E-state index in [-0.39, 0.29) is 17.4 Å². The van der Waals surface area contributed by atoms with E-state index in [1.807, 2.05) is 43.3 Å². The van der Waals surface area contributed by atoms with Crippen LogP contribution in [0.4, 0.5) is 23.0 Å². The minimum Gasteiger partial charge on any atom is -0.378 e. The van der Waals surface area contributed by atoms with E-state index in [1.165, 1.54) is 13.1 Å². The third-order valence-corrected chi connectivity index (χ3v) is 4.08. The number of aromatic nitrogens is 2. The maximum absolute atomic E-state index is 12.5. The molecule has 0 radical (unpaired) electrons.